The molecule has 0 aliphatic carbocycles. The molecule has 1 N–H and O–H groups in total. The normalized spacial score (nSPS) is 16.5. The number of pyridine rings is 1. The summed E-state index contributed by atoms with van der Waals surface area (Å²) in [7, 11) is 0. The van der Waals surface area contributed by atoms with E-state index in [1.807, 2.05) is 6.07 Å². The minimum absolute atomic E-state index is 0.234. The molecule has 1 aliphatic heterocycles. The molecule has 0 atom stereocenters. The quantitative estimate of drug-likeness (QED) is 0.790. The van der Waals surface area contributed by atoms with Crippen LogP contribution < -0.4 is 10.2 Å². The van der Waals surface area contributed by atoms with E-state index in [-0.39, 0.29) is 5.91 Å². The van der Waals surface area contributed by atoms with E-state index in [0.29, 0.717) is 18.8 Å². The molecule has 0 unspecified atom stereocenters. The van der Waals surface area contributed by atoms with Gasteiger partial charge in [0.2, 0.25) is 5.91 Å². The molecule has 1 aromatic heterocycles. The van der Waals surface area contributed by atoms with Gasteiger partial charge in [0, 0.05) is 22.7 Å². The highest BCUT2D eigenvalue weighted by atomic mass is 127. The monoisotopic (exact) mass is 317 g/mol. The van der Waals surface area contributed by atoms with Crippen molar-refractivity contribution in [2.45, 2.75) is 6.42 Å². The van der Waals surface area contributed by atoms with E-state index < -0.39 is 6.03 Å². The second-order valence-electron chi connectivity index (χ2n) is 3.09. The lowest BCUT2D eigenvalue weighted by Gasteiger charge is -2.25. The smallest absolute Gasteiger partial charge is 0.278 e. The van der Waals surface area contributed by atoms with Crippen molar-refractivity contribution in [2.75, 3.05) is 11.4 Å². The number of amides is 3. The van der Waals surface area contributed by atoms with Gasteiger partial charge >= 0.3 is 6.03 Å². The predicted octanol–water partition coefficient (Wildman–Crippen LogP) is 1.13. The van der Waals surface area contributed by atoms with Crippen LogP contribution in [0.25, 0.3) is 0 Å². The molecule has 1 aromatic rings. The summed E-state index contributed by atoms with van der Waals surface area (Å²) in [5, 5.41) is 2.25. The Morgan fingerprint density at radius 1 is 1.47 bits per heavy atom. The molecule has 0 bridgehead atoms. The van der Waals surface area contributed by atoms with Gasteiger partial charge in [-0.1, -0.05) is 0 Å². The zero-order valence-corrected chi connectivity index (χ0v) is 9.89. The molecule has 78 valence electrons. The summed E-state index contributed by atoms with van der Waals surface area (Å²) in [6, 6.07) is 3.24. The van der Waals surface area contributed by atoms with Crippen molar-refractivity contribution in [1.29, 1.82) is 0 Å². The maximum Gasteiger partial charge on any atom is 0.329 e. The first-order chi connectivity index (χ1) is 7.16. The molecule has 2 heterocycles. The summed E-state index contributed by atoms with van der Waals surface area (Å²) in [5.74, 6) is 0.341. The number of carbonyl (C=O) groups excluding carboxylic acids is 2. The van der Waals surface area contributed by atoms with Crippen molar-refractivity contribution in [1.82, 2.24) is 10.3 Å². The molecule has 5 nitrogen and oxygen atoms in total. The first kappa shape index (κ1) is 10.3. The highest BCUT2D eigenvalue weighted by Gasteiger charge is 2.24. The Labute approximate surface area is 100.0 Å². The second-order valence-corrected chi connectivity index (χ2v) is 4.33. The summed E-state index contributed by atoms with van der Waals surface area (Å²) in [6.07, 6.45) is 1.96. The first-order valence-corrected chi connectivity index (χ1v) is 5.47. The highest BCUT2D eigenvalue weighted by molar-refractivity contribution is 14.1. The number of hydrogen-bond acceptors (Lipinski definition) is 3. The first-order valence-electron chi connectivity index (χ1n) is 4.40. The molecule has 0 spiro atoms. The Morgan fingerprint density at radius 2 is 2.27 bits per heavy atom. The van der Waals surface area contributed by atoms with E-state index in [0.717, 1.165) is 3.57 Å². The fourth-order valence-corrected chi connectivity index (χ4v) is 1.76. The molecule has 0 saturated carbocycles. The Kier molecular flexibility index (Phi) is 2.85. The molecule has 3 amide bonds. The summed E-state index contributed by atoms with van der Waals surface area (Å²) in [6.45, 7) is 0.387. The summed E-state index contributed by atoms with van der Waals surface area (Å²) in [5.41, 5.74) is 0. The van der Waals surface area contributed by atoms with Gasteiger partial charge in [0.15, 0.2) is 0 Å². The highest BCUT2D eigenvalue weighted by Crippen LogP contribution is 2.16. The number of nitrogens with one attached hydrogen (secondary N) is 1. The Morgan fingerprint density at radius 3 is 2.93 bits per heavy atom. The van der Waals surface area contributed by atoms with Crippen molar-refractivity contribution in [3.63, 3.8) is 0 Å². The largest absolute Gasteiger partial charge is 0.329 e. The average molecular weight is 317 g/mol. The van der Waals surface area contributed by atoms with Crippen molar-refractivity contribution in [3.8, 4) is 0 Å². The number of nitrogens with zero attached hydrogens (tertiary/aromatic N) is 2. The van der Waals surface area contributed by atoms with Crippen LogP contribution in [-0.2, 0) is 4.79 Å². The number of anilines is 1. The predicted molar refractivity (Wildman–Crippen MR) is 62.5 cm³/mol. The number of urea groups is 1. The minimum Gasteiger partial charge on any atom is -0.278 e. The number of halogens is 1. The minimum atomic E-state index is -0.402. The molecule has 6 heteroatoms. The van der Waals surface area contributed by atoms with Gasteiger partial charge in [-0.3, -0.25) is 15.0 Å². The number of imide groups is 1. The number of hydrogen-bond donors (Lipinski definition) is 1. The number of aromatic nitrogens is 1. The van der Waals surface area contributed by atoms with Crippen LogP contribution in [0.3, 0.4) is 0 Å². The Hall–Kier alpha value is -1.18. The third-order valence-electron chi connectivity index (χ3n) is 2.04. The molecule has 1 fully saturated rings. The number of rotatable bonds is 1. The SMILES string of the molecule is O=C1CCN(c2cc(I)ccn2)C(=O)N1. The van der Waals surface area contributed by atoms with Gasteiger partial charge in [-0.25, -0.2) is 9.78 Å². The maximum absolute atomic E-state index is 11.5. The van der Waals surface area contributed by atoms with Gasteiger partial charge in [0.25, 0.3) is 0 Å². The third-order valence-corrected chi connectivity index (χ3v) is 2.71. The fraction of sp³-hybridized carbons (Fsp3) is 0.222. The molecule has 1 aliphatic rings. The van der Waals surface area contributed by atoms with Crippen LogP contribution in [0.15, 0.2) is 18.3 Å². The van der Waals surface area contributed by atoms with Gasteiger partial charge in [-0.15, -0.1) is 0 Å². The molecule has 0 radical (unpaired) electrons. The van der Waals surface area contributed by atoms with E-state index in [1.54, 1.807) is 12.3 Å². The number of carbonyl (C=O) groups is 2. The fourth-order valence-electron chi connectivity index (χ4n) is 1.32. The lowest BCUT2D eigenvalue weighted by Crippen LogP contribution is -2.49. The zero-order chi connectivity index (χ0) is 10.8. The molecule has 15 heavy (non-hydrogen) atoms. The van der Waals surface area contributed by atoms with Crippen LogP contribution in [0.5, 0.6) is 0 Å². The third kappa shape index (κ3) is 2.25. The van der Waals surface area contributed by atoms with Gasteiger partial charge < -0.3 is 0 Å². The van der Waals surface area contributed by atoms with Crippen LogP contribution in [-0.4, -0.2) is 23.5 Å². The summed E-state index contributed by atoms with van der Waals surface area (Å²) >= 11 is 2.15. The zero-order valence-electron chi connectivity index (χ0n) is 7.74. The van der Waals surface area contributed by atoms with Crippen LogP contribution >= 0.6 is 22.6 Å². The molecule has 0 aromatic carbocycles. The molecule has 2 rings (SSSR count). The second kappa shape index (κ2) is 4.13. The van der Waals surface area contributed by atoms with Crippen molar-refractivity contribution in [3.05, 3.63) is 21.9 Å². The van der Waals surface area contributed by atoms with E-state index in [2.05, 4.69) is 32.9 Å². The van der Waals surface area contributed by atoms with Crippen LogP contribution in [0, 0.1) is 3.57 Å². The van der Waals surface area contributed by atoms with Gasteiger partial charge in [0.05, 0.1) is 0 Å². The molecular formula is C9H8IN3O2. The molecular weight excluding hydrogens is 309 g/mol. The lowest BCUT2D eigenvalue weighted by molar-refractivity contribution is -0.120. The topological polar surface area (TPSA) is 62.3 Å². The van der Waals surface area contributed by atoms with E-state index in [1.165, 1.54) is 4.90 Å². The van der Waals surface area contributed by atoms with E-state index in [4.69, 9.17) is 0 Å². The van der Waals surface area contributed by atoms with E-state index in [9.17, 15) is 9.59 Å². The maximum atomic E-state index is 11.5. The van der Waals surface area contributed by atoms with Crippen LogP contribution in [0.4, 0.5) is 10.6 Å². The van der Waals surface area contributed by atoms with Crippen molar-refractivity contribution >= 4 is 40.3 Å². The van der Waals surface area contributed by atoms with Gasteiger partial charge in [0.1, 0.15) is 5.82 Å². The lowest BCUT2D eigenvalue weighted by atomic mass is 10.3. The van der Waals surface area contributed by atoms with Gasteiger partial charge in [-0.2, -0.15) is 0 Å². The van der Waals surface area contributed by atoms with Crippen molar-refractivity contribution < 1.29 is 9.59 Å². The average Bonchev–Trinajstić information content (AvgIpc) is 2.17. The standard InChI is InChI=1S/C9H8IN3O2/c10-6-1-3-11-7(5-6)13-4-2-8(14)12-9(13)15/h1,3,5H,2,4H2,(H,12,14,15). The summed E-state index contributed by atoms with van der Waals surface area (Å²) < 4.78 is 1.00. The van der Waals surface area contributed by atoms with Crippen molar-refractivity contribution in [2.24, 2.45) is 0 Å². The summed E-state index contributed by atoms with van der Waals surface area (Å²) in [4.78, 5) is 28.0. The van der Waals surface area contributed by atoms with E-state index >= 15 is 0 Å². The van der Waals surface area contributed by atoms with Gasteiger partial charge in [-0.05, 0) is 34.7 Å². The Bertz CT molecular complexity index is 422. The molecule has 1 saturated heterocycles. The Balaban J connectivity index is 2.24. The van der Waals surface area contributed by atoms with Crippen LogP contribution in [0.1, 0.15) is 6.42 Å². The van der Waals surface area contributed by atoms with Crippen LogP contribution in [0.2, 0.25) is 0 Å².